The number of carbonyl (C=O) groups excluding carboxylic acids is 1. The van der Waals surface area contributed by atoms with Gasteiger partial charge in [0, 0.05) is 6.42 Å². The Morgan fingerprint density at radius 1 is 0.412 bits per heavy atom. The van der Waals surface area contributed by atoms with Crippen molar-refractivity contribution in [2.45, 2.75) is 386 Å². The fourth-order valence-electron chi connectivity index (χ4n) is 11.1. The van der Waals surface area contributed by atoms with Crippen LogP contribution in [0.25, 0.3) is 0 Å². The molecule has 9 heteroatoms. The van der Waals surface area contributed by atoms with E-state index in [1.54, 1.807) is 6.08 Å². The van der Waals surface area contributed by atoms with Gasteiger partial charge in [0.2, 0.25) is 5.91 Å². The Morgan fingerprint density at radius 3 is 1.00 bits per heavy atom. The zero-order valence-corrected chi connectivity index (χ0v) is 55.5. The van der Waals surface area contributed by atoms with E-state index in [0.29, 0.717) is 17.4 Å². The summed E-state index contributed by atoms with van der Waals surface area (Å²) in [5, 5.41) is 14.0. The van der Waals surface area contributed by atoms with Crippen molar-refractivity contribution in [1.82, 2.24) is 5.32 Å². The van der Waals surface area contributed by atoms with E-state index in [0.717, 1.165) is 38.5 Å². The number of hydrogen-bond donors (Lipinski definition) is 3. The van der Waals surface area contributed by atoms with Crippen LogP contribution in [0, 0.1) is 0 Å². The summed E-state index contributed by atoms with van der Waals surface area (Å²) < 4.78 is 23.8. The summed E-state index contributed by atoms with van der Waals surface area (Å²) in [7, 11) is 1.58. The Balaban J connectivity index is 4.05. The highest BCUT2D eigenvalue weighted by molar-refractivity contribution is 7.47. The number of amides is 1. The van der Waals surface area contributed by atoms with Crippen LogP contribution in [0.2, 0.25) is 0 Å². The van der Waals surface area contributed by atoms with Gasteiger partial charge in [-0.15, -0.1) is 0 Å². The summed E-state index contributed by atoms with van der Waals surface area (Å²) in [5.41, 5.74) is 0. The van der Waals surface area contributed by atoms with Crippen LogP contribution >= 0.6 is 7.82 Å². The number of nitrogens with zero attached hydrogens (tertiary/aromatic N) is 1. The monoisotopic (exact) mass is 1150 g/mol. The zero-order valence-electron chi connectivity index (χ0n) is 54.6. The fourth-order valence-corrected chi connectivity index (χ4v) is 11.9. The third-order valence-electron chi connectivity index (χ3n) is 16.7. The minimum atomic E-state index is -4.36. The molecule has 0 spiro atoms. The van der Waals surface area contributed by atoms with E-state index >= 15 is 0 Å². The molecule has 0 saturated heterocycles. The Labute approximate surface area is 500 Å². The number of phosphoric ester groups is 1. The van der Waals surface area contributed by atoms with E-state index in [4.69, 9.17) is 9.05 Å². The lowest BCUT2D eigenvalue weighted by atomic mass is 10.0. The van der Waals surface area contributed by atoms with Crippen LogP contribution in [0.4, 0.5) is 0 Å². The molecule has 0 aliphatic rings. The van der Waals surface area contributed by atoms with Gasteiger partial charge < -0.3 is 19.8 Å². The molecule has 476 valence electrons. The van der Waals surface area contributed by atoms with Crippen molar-refractivity contribution in [2.75, 3.05) is 40.9 Å². The number of carbonyl (C=O) groups is 1. The molecule has 0 rings (SSSR count). The lowest BCUT2D eigenvalue weighted by molar-refractivity contribution is -0.870. The van der Waals surface area contributed by atoms with E-state index in [2.05, 4.69) is 31.3 Å². The number of phosphoric acid groups is 1. The molecule has 0 radical (unpaired) electrons. The molecule has 0 aromatic heterocycles. The Morgan fingerprint density at radius 2 is 0.688 bits per heavy atom. The molecule has 80 heavy (non-hydrogen) atoms. The SMILES string of the molecule is CCCCCCCCCCCCCCCCCCCCCCC/C=C/CC/C=C/C(O)C(COP(=O)(O)OCC[N+](C)(C)C)NC(=O)CCCCCCCCCCCCCCCCCCCCCCCCCCCCCCCCC. The normalized spacial score (nSPS) is 13.7. The number of aliphatic hydroxyl groups excluding tert-OH is 1. The summed E-state index contributed by atoms with van der Waals surface area (Å²) >= 11 is 0. The van der Waals surface area contributed by atoms with Gasteiger partial charge in [0.05, 0.1) is 39.9 Å². The number of allylic oxidation sites excluding steroid dienone is 3. The fraction of sp³-hybridized carbons (Fsp3) is 0.930. The maximum atomic E-state index is 13.0. The molecule has 0 aromatic rings. The molecular weight excluding hydrogens is 1010 g/mol. The van der Waals surface area contributed by atoms with Crippen molar-refractivity contribution < 1.29 is 32.9 Å². The highest BCUT2D eigenvalue weighted by Gasteiger charge is 2.28. The first-order valence-corrected chi connectivity index (χ1v) is 37.2. The molecule has 8 nitrogen and oxygen atoms in total. The molecule has 3 unspecified atom stereocenters. The third kappa shape index (κ3) is 64.5. The molecular formula is C71H142N2O6P+. The molecule has 0 fully saturated rings. The first-order chi connectivity index (χ1) is 39.0. The number of quaternary nitrogens is 1. The largest absolute Gasteiger partial charge is 0.472 e. The number of likely N-dealkylation sites (N-methyl/N-ethyl adjacent to an activating group) is 1. The van der Waals surface area contributed by atoms with Gasteiger partial charge in [-0.05, 0) is 32.1 Å². The second-order valence-electron chi connectivity index (χ2n) is 26.0. The predicted octanol–water partition coefficient (Wildman–Crippen LogP) is 22.7. The average molecular weight is 1150 g/mol. The molecule has 0 aliphatic heterocycles. The van der Waals surface area contributed by atoms with E-state index in [9.17, 15) is 19.4 Å². The highest BCUT2D eigenvalue weighted by atomic mass is 31.2. The van der Waals surface area contributed by atoms with E-state index in [1.165, 1.54) is 315 Å². The van der Waals surface area contributed by atoms with E-state index < -0.39 is 20.0 Å². The Bertz CT molecular complexity index is 1350. The van der Waals surface area contributed by atoms with Crippen molar-refractivity contribution in [2.24, 2.45) is 0 Å². The molecule has 3 N–H and O–H groups in total. The van der Waals surface area contributed by atoms with Gasteiger partial charge in [-0.25, -0.2) is 4.57 Å². The second-order valence-corrected chi connectivity index (χ2v) is 27.4. The molecule has 0 bridgehead atoms. The van der Waals surface area contributed by atoms with Crippen LogP contribution in [0.5, 0.6) is 0 Å². The Hall–Kier alpha value is -1.02. The molecule has 0 aliphatic carbocycles. The topological polar surface area (TPSA) is 105 Å². The van der Waals surface area contributed by atoms with Crippen molar-refractivity contribution >= 4 is 13.7 Å². The van der Waals surface area contributed by atoms with Crippen LogP contribution in [0.3, 0.4) is 0 Å². The molecule has 0 heterocycles. The number of hydrogen-bond acceptors (Lipinski definition) is 5. The van der Waals surface area contributed by atoms with Gasteiger partial charge >= 0.3 is 7.82 Å². The maximum Gasteiger partial charge on any atom is 0.472 e. The predicted molar refractivity (Wildman–Crippen MR) is 351 cm³/mol. The van der Waals surface area contributed by atoms with Crippen molar-refractivity contribution in [3.8, 4) is 0 Å². The van der Waals surface area contributed by atoms with Crippen LogP contribution in [-0.2, 0) is 18.4 Å². The lowest BCUT2D eigenvalue weighted by Crippen LogP contribution is -2.45. The lowest BCUT2D eigenvalue weighted by Gasteiger charge is -2.25. The van der Waals surface area contributed by atoms with Crippen LogP contribution in [0.15, 0.2) is 24.3 Å². The standard InChI is InChI=1S/C71H141N2O6P/c1-6-8-10-12-14-16-18-20-22-24-26-28-30-32-34-35-36-37-39-41-43-45-47-49-51-53-55-57-59-61-63-65-71(75)72-69(68-79-80(76,77)78-67-66-73(3,4)5)70(74)64-62-60-58-56-54-52-50-48-46-44-42-40-38-33-31-29-27-25-23-21-19-17-15-13-11-9-7-2/h54,56,62,64,69-70,74H,6-53,55,57-61,63,65-68H2,1-5H3,(H-,72,75,76,77)/p+1/b56-54+,64-62+. The quantitative estimate of drug-likeness (QED) is 0.0243. The van der Waals surface area contributed by atoms with Crippen LogP contribution in [-0.4, -0.2) is 73.4 Å². The van der Waals surface area contributed by atoms with Gasteiger partial charge in [0.15, 0.2) is 0 Å². The van der Waals surface area contributed by atoms with Gasteiger partial charge in [-0.2, -0.15) is 0 Å². The van der Waals surface area contributed by atoms with Crippen LogP contribution < -0.4 is 5.32 Å². The Kier molecular flexibility index (Phi) is 61.7. The maximum absolute atomic E-state index is 13.0. The number of nitrogens with one attached hydrogen (secondary N) is 1. The van der Waals surface area contributed by atoms with Gasteiger partial charge in [0.25, 0.3) is 0 Å². The number of aliphatic hydroxyl groups is 1. The van der Waals surface area contributed by atoms with E-state index in [1.807, 2.05) is 27.2 Å². The van der Waals surface area contributed by atoms with Gasteiger partial charge in [-0.3, -0.25) is 13.8 Å². The minimum absolute atomic E-state index is 0.0591. The van der Waals surface area contributed by atoms with E-state index in [-0.39, 0.29) is 19.1 Å². The molecule has 0 aromatic carbocycles. The number of rotatable bonds is 67. The minimum Gasteiger partial charge on any atom is -0.387 e. The molecule has 3 atom stereocenters. The number of unbranched alkanes of at least 4 members (excludes halogenated alkanes) is 52. The van der Waals surface area contributed by atoms with Gasteiger partial charge in [0.1, 0.15) is 13.2 Å². The molecule has 0 saturated carbocycles. The molecule has 1 amide bonds. The summed E-state index contributed by atoms with van der Waals surface area (Å²) in [6.07, 6.45) is 82.0. The van der Waals surface area contributed by atoms with Gasteiger partial charge in [-0.1, -0.05) is 359 Å². The van der Waals surface area contributed by atoms with Crippen LogP contribution in [0.1, 0.15) is 373 Å². The second kappa shape index (κ2) is 62.5. The first kappa shape index (κ1) is 79.0. The third-order valence-corrected chi connectivity index (χ3v) is 17.7. The summed E-state index contributed by atoms with van der Waals surface area (Å²) in [5.74, 6) is -0.177. The summed E-state index contributed by atoms with van der Waals surface area (Å²) in [6, 6.07) is -0.862. The summed E-state index contributed by atoms with van der Waals surface area (Å²) in [6.45, 7) is 4.86. The van der Waals surface area contributed by atoms with Crippen molar-refractivity contribution in [3.05, 3.63) is 24.3 Å². The average Bonchev–Trinajstić information content (AvgIpc) is 3.42. The smallest absolute Gasteiger partial charge is 0.387 e. The zero-order chi connectivity index (χ0) is 58.4. The van der Waals surface area contributed by atoms with Crippen molar-refractivity contribution in [3.63, 3.8) is 0 Å². The summed E-state index contributed by atoms with van der Waals surface area (Å²) in [4.78, 5) is 23.4. The van der Waals surface area contributed by atoms with Crippen molar-refractivity contribution in [1.29, 1.82) is 0 Å². The highest BCUT2D eigenvalue weighted by Crippen LogP contribution is 2.43. The first-order valence-electron chi connectivity index (χ1n) is 35.7.